The van der Waals surface area contributed by atoms with Gasteiger partial charge in [-0.25, -0.2) is 28.0 Å². The number of nitrogens with zero attached hydrogens (tertiary/aromatic N) is 3. The van der Waals surface area contributed by atoms with Gasteiger partial charge in [0.1, 0.15) is 6.33 Å². The van der Waals surface area contributed by atoms with E-state index in [0.717, 1.165) is 42.0 Å². The fourth-order valence-electron chi connectivity index (χ4n) is 3.70. The Morgan fingerprint density at radius 1 is 0.905 bits per heavy atom. The van der Waals surface area contributed by atoms with Gasteiger partial charge >= 0.3 is 24.3 Å². The third-order valence-electron chi connectivity index (χ3n) is 5.78. The highest BCUT2D eigenvalue weighted by Crippen LogP contribution is 2.31. The zero-order valence-electron chi connectivity index (χ0n) is 22.0. The zero-order chi connectivity index (χ0) is 31.9. The van der Waals surface area contributed by atoms with Gasteiger partial charge < -0.3 is 10.2 Å². The molecule has 2 N–H and O–H groups in total. The van der Waals surface area contributed by atoms with E-state index < -0.39 is 34.1 Å². The predicted molar refractivity (Wildman–Crippen MR) is 137 cm³/mol. The minimum atomic E-state index is -5.08. The minimum Gasteiger partial charge on any atom is -0.475 e. The predicted octanol–water partition coefficient (Wildman–Crippen LogP) is 4.76. The van der Waals surface area contributed by atoms with Crippen LogP contribution in [0.2, 0.25) is 0 Å². The molecule has 1 aliphatic rings. The first kappa shape index (κ1) is 34.2. The number of halogens is 6. The Labute approximate surface area is 236 Å². The molecule has 16 heteroatoms. The lowest BCUT2D eigenvalue weighted by atomic mass is 9.95. The quantitative estimate of drug-likeness (QED) is 0.395. The summed E-state index contributed by atoms with van der Waals surface area (Å²) in [5.74, 6) is -5.51. The fraction of sp³-hybridized carbons (Fsp3) is 0.308. The summed E-state index contributed by atoms with van der Waals surface area (Å²) in [7, 11) is -3.21. The maximum absolute atomic E-state index is 11.7. The lowest BCUT2D eigenvalue weighted by Gasteiger charge is -2.35. The van der Waals surface area contributed by atoms with Crippen molar-refractivity contribution in [3.8, 4) is 11.3 Å². The average molecular weight is 622 g/mol. The molecule has 1 aromatic heterocycles. The van der Waals surface area contributed by atoms with Gasteiger partial charge in [-0.15, -0.1) is 0 Å². The summed E-state index contributed by atoms with van der Waals surface area (Å²) in [6.07, 6.45) is -6.46. The van der Waals surface area contributed by atoms with Crippen molar-refractivity contribution in [1.29, 1.82) is 0 Å². The molecule has 2 aromatic carbocycles. The molecule has 0 saturated carbocycles. The van der Waals surface area contributed by atoms with Gasteiger partial charge in [0.2, 0.25) is 0 Å². The third-order valence-corrected chi connectivity index (χ3v) is 6.91. The monoisotopic (exact) mass is 621 g/mol. The molecule has 0 spiro atoms. The van der Waals surface area contributed by atoms with Crippen LogP contribution in [0.3, 0.4) is 0 Å². The standard InChI is InChI=1S/C22H23N3O2S.2C2HF3O2/c1-16-12-21-20(14-25(16)13-17-6-4-3-5-7-17)22(24-15-23-21)18-8-10-19(11-9-18)28(2,26)27;2*3-2(4,5)1(6)7/h3-11,15-16H,12-14H2,1-2H3;2*(H,6,7). The van der Waals surface area contributed by atoms with E-state index in [2.05, 4.69) is 46.1 Å². The van der Waals surface area contributed by atoms with E-state index in [1.54, 1.807) is 18.5 Å². The van der Waals surface area contributed by atoms with Crippen LogP contribution in [0.15, 0.2) is 65.8 Å². The second kappa shape index (κ2) is 13.7. The molecule has 0 aliphatic carbocycles. The second-order valence-corrected chi connectivity index (χ2v) is 11.0. The summed E-state index contributed by atoms with van der Waals surface area (Å²) in [6.45, 7) is 3.88. The maximum Gasteiger partial charge on any atom is 0.490 e. The van der Waals surface area contributed by atoms with Gasteiger partial charge in [0.05, 0.1) is 16.3 Å². The Morgan fingerprint density at radius 3 is 1.86 bits per heavy atom. The number of alkyl halides is 6. The van der Waals surface area contributed by atoms with Gasteiger partial charge in [0, 0.05) is 42.9 Å². The van der Waals surface area contributed by atoms with Gasteiger partial charge in [-0.2, -0.15) is 26.3 Å². The molecule has 228 valence electrons. The molecule has 1 unspecified atom stereocenters. The van der Waals surface area contributed by atoms with Crippen LogP contribution < -0.4 is 0 Å². The third kappa shape index (κ3) is 10.1. The van der Waals surface area contributed by atoms with Crippen molar-refractivity contribution in [2.75, 3.05) is 6.26 Å². The van der Waals surface area contributed by atoms with Crippen LogP contribution in [-0.2, 0) is 38.9 Å². The molecule has 4 rings (SSSR count). The number of carboxylic acids is 2. The van der Waals surface area contributed by atoms with Gasteiger partial charge in [-0.05, 0) is 24.6 Å². The van der Waals surface area contributed by atoms with E-state index in [0.29, 0.717) is 10.9 Å². The van der Waals surface area contributed by atoms with E-state index >= 15 is 0 Å². The number of carboxylic acid groups (broad SMARTS) is 2. The Kier molecular flexibility index (Phi) is 11.2. The zero-order valence-corrected chi connectivity index (χ0v) is 22.8. The van der Waals surface area contributed by atoms with Crippen LogP contribution in [0, 0.1) is 0 Å². The summed E-state index contributed by atoms with van der Waals surface area (Å²) < 4.78 is 86.9. The van der Waals surface area contributed by atoms with Crippen molar-refractivity contribution >= 4 is 21.8 Å². The SMILES string of the molecule is CC1Cc2ncnc(-c3ccc(S(C)(=O)=O)cc3)c2CN1Cc1ccccc1.O=C(O)C(F)(F)F.O=C(O)C(F)(F)F. The molecule has 9 nitrogen and oxygen atoms in total. The summed E-state index contributed by atoms with van der Waals surface area (Å²) in [5.41, 5.74) is 5.29. The van der Waals surface area contributed by atoms with Gasteiger partial charge in [0.25, 0.3) is 0 Å². The second-order valence-electron chi connectivity index (χ2n) is 8.99. The summed E-state index contributed by atoms with van der Waals surface area (Å²) >= 11 is 0. The first-order valence-corrected chi connectivity index (χ1v) is 13.7. The normalized spacial score (nSPS) is 15.3. The molecule has 0 bridgehead atoms. The number of carbonyl (C=O) groups is 2. The fourth-order valence-corrected chi connectivity index (χ4v) is 4.33. The molecule has 1 atom stereocenters. The van der Waals surface area contributed by atoms with E-state index in [9.17, 15) is 34.8 Å². The highest BCUT2D eigenvalue weighted by atomic mass is 32.2. The van der Waals surface area contributed by atoms with E-state index in [4.69, 9.17) is 19.8 Å². The number of benzene rings is 2. The molecule has 2 heterocycles. The van der Waals surface area contributed by atoms with E-state index in [1.807, 2.05) is 18.2 Å². The largest absolute Gasteiger partial charge is 0.490 e. The molecule has 0 fully saturated rings. The van der Waals surface area contributed by atoms with E-state index in [1.165, 1.54) is 11.8 Å². The topological polar surface area (TPSA) is 138 Å². The van der Waals surface area contributed by atoms with Gasteiger partial charge in [-0.3, -0.25) is 4.90 Å². The number of rotatable bonds is 4. The molecule has 42 heavy (non-hydrogen) atoms. The van der Waals surface area contributed by atoms with Gasteiger partial charge in [-0.1, -0.05) is 42.5 Å². The summed E-state index contributed by atoms with van der Waals surface area (Å²) in [5, 5.41) is 14.2. The van der Waals surface area contributed by atoms with Crippen molar-refractivity contribution in [3.63, 3.8) is 0 Å². The van der Waals surface area contributed by atoms with Crippen molar-refractivity contribution in [2.45, 2.75) is 49.7 Å². The molecule has 3 aromatic rings. The van der Waals surface area contributed by atoms with Crippen LogP contribution >= 0.6 is 0 Å². The minimum absolute atomic E-state index is 0.318. The van der Waals surface area contributed by atoms with Crippen LogP contribution in [0.25, 0.3) is 11.3 Å². The highest BCUT2D eigenvalue weighted by molar-refractivity contribution is 7.90. The molecule has 1 aliphatic heterocycles. The lowest BCUT2D eigenvalue weighted by molar-refractivity contribution is -0.193. The van der Waals surface area contributed by atoms with Gasteiger partial charge in [0.15, 0.2) is 9.84 Å². The van der Waals surface area contributed by atoms with E-state index in [-0.39, 0.29) is 0 Å². The molecule has 0 amide bonds. The number of aliphatic carboxylic acids is 2. The van der Waals surface area contributed by atoms with Crippen molar-refractivity contribution < 1.29 is 54.6 Å². The number of hydrogen-bond acceptors (Lipinski definition) is 7. The Bertz CT molecular complexity index is 1460. The van der Waals surface area contributed by atoms with Crippen molar-refractivity contribution in [2.24, 2.45) is 0 Å². The number of hydrogen-bond donors (Lipinski definition) is 2. The Balaban J connectivity index is 0.000000367. The Morgan fingerprint density at radius 2 is 1.40 bits per heavy atom. The maximum atomic E-state index is 11.7. The summed E-state index contributed by atoms with van der Waals surface area (Å²) in [6, 6.07) is 17.8. The van der Waals surface area contributed by atoms with Crippen LogP contribution in [0.5, 0.6) is 0 Å². The number of sulfone groups is 1. The molecular weight excluding hydrogens is 596 g/mol. The van der Waals surface area contributed by atoms with Crippen LogP contribution in [0.1, 0.15) is 23.7 Å². The molecule has 0 radical (unpaired) electrons. The van der Waals surface area contributed by atoms with Crippen molar-refractivity contribution in [1.82, 2.24) is 14.9 Å². The molecular formula is C26H25F6N3O6S. The first-order chi connectivity index (χ1) is 19.3. The number of fused-ring (bicyclic) bond motifs is 1. The van der Waals surface area contributed by atoms with Crippen LogP contribution in [-0.4, -0.2) is 70.1 Å². The Hall–Kier alpha value is -4.05. The van der Waals surface area contributed by atoms with Crippen LogP contribution in [0.4, 0.5) is 26.3 Å². The van der Waals surface area contributed by atoms with Crippen molar-refractivity contribution in [3.05, 3.63) is 77.7 Å². The number of aromatic nitrogens is 2. The summed E-state index contributed by atoms with van der Waals surface area (Å²) in [4.78, 5) is 29.6. The first-order valence-electron chi connectivity index (χ1n) is 11.8. The highest BCUT2D eigenvalue weighted by Gasteiger charge is 2.39. The molecule has 0 saturated heterocycles. The average Bonchev–Trinajstić information content (AvgIpc) is 2.88. The lowest BCUT2D eigenvalue weighted by Crippen LogP contribution is -2.38. The smallest absolute Gasteiger partial charge is 0.475 e.